The summed E-state index contributed by atoms with van der Waals surface area (Å²) < 4.78 is 1.19. The number of rotatable bonds is 1. The maximum atomic E-state index is 4.50. The van der Waals surface area contributed by atoms with Gasteiger partial charge in [-0.25, -0.2) is 0 Å². The number of halogens is 3. The molecule has 0 amide bonds. The van der Waals surface area contributed by atoms with Crippen molar-refractivity contribution in [1.82, 2.24) is 0 Å². The van der Waals surface area contributed by atoms with Gasteiger partial charge in [0.1, 0.15) is 0 Å². The monoisotopic (exact) mass is 494 g/mol. The normalized spacial score (nSPS) is 5.36. The first kappa shape index (κ1) is 23.2. The van der Waals surface area contributed by atoms with Gasteiger partial charge in [0.05, 0.1) is 10.3 Å². The third-order valence-corrected chi connectivity index (χ3v) is 0.500. The van der Waals surface area contributed by atoms with Crippen LogP contribution in [0.5, 0.6) is 0 Å². The predicted octanol–water partition coefficient (Wildman–Crippen LogP) is 4.87. The van der Waals surface area contributed by atoms with E-state index >= 15 is 0 Å². The van der Waals surface area contributed by atoms with E-state index in [1.165, 1.54) is 22.1 Å². The summed E-state index contributed by atoms with van der Waals surface area (Å²) in [6.45, 7) is 5.86. The van der Waals surface area contributed by atoms with Crippen LogP contribution in [-0.2, 0) is 0 Å². The van der Waals surface area contributed by atoms with Gasteiger partial charge in [-0.3, -0.25) is 0 Å². The van der Waals surface area contributed by atoms with Gasteiger partial charge in [0, 0.05) is 0 Å². The number of hydrogen-bond acceptors (Lipinski definition) is 0. The van der Waals surface area contributed by atoms with E-state index in [2.05, 4.69) is 89.5 Å². The molecule has 2 radical (unpaired) electrons. The van der Waals surface area contributed by atoms with Crippen molar-refractivity contribution in [3.63, 3.8) is 0 Å². The molecule has 0 heterocycles. The minimum Gasteiger partial charge on any atom is -0.0999 e. The maximum absolute atomic E-state index is 4.50. The summed E-state index contributed by atoms with van der Waals surface area (Å²) in [6.07, 6.45) is 2.64. The quantitative estimate of drug-likeness (QED) is 0.278. The smallest absolute Gasteiger partial charge is 0.0606 e. The Balaban J connectivity index is -0.0000000315. The van der Waals surface area contributed by atoms with Gasteiger partial charge in [-0.1, -0.05) is 101 Å². The first-order valence-corrected chi connectivity index (χ1v) is 8.61. The van der Waals surface area contributed by atoms with Crippen LogP contribution in [0.3, 0.4) is 0 Å². The van der Waals surface area contributed by atoms with Crippen molar-refractivity contribution >= 4 is 75.6 Å². The number of hydrogen-bond donors (Lipinski definition) is 0. The molecule has 11 heavy (non-hydrogen) atoms. The summed E-state index contributed by atoms with van der Waals surface area (Å²) in [5.41, 5.74) is 0. The number of alkyl halides is 3. The van der Waals surface area contributed by atoms with Crippen molar-refractivity contribution in [1.29, 1.82) is 0 Å². The molecular weight excluding hydrogens is 476 g/mol. The van der Waals surface area contributed by atoms with Gasteiger partial charge in [-0.2, -0.15) is 0 Å². The molecule has 0 aromatic rings. The second kappa shape index (κ2) is 56.2. The minimum absolute atomic E-state index is 1.19. The van der Waals surface area contributed by atoms with Gasteiger partial charge in [-0.15, -0.1) is 0 Å². The van der Waals surface area contributed by atoms with Crippen LogP contribution in [-0.4, -0.2) is 15.2 Å². The molecule has 0 N–H and O–H groups in total. The molecular formula is C7H18BI3. The van der Waals surface area contributed by atoms with Crippen LogP contribution in [0.25, 0.3) is 0 Å². The summed E-state index contributed by atoms with van der Waals surface area (Å²) in [5.74, 6) is 0. The lowest BCUT2D eigenvalue weighted by Crippen LogP contribution is -1.47. The second-order valence-electron chi connectivity index (χ2n) is 1.10. The summed E-state index contributed by atoms with van der Waals surface area (Å²) in [6, 6.07) is 0. The van der Waals surface area contributed by atoms with E-state index in [4.69, 9.17) is 0 Å². The van der Waals surface area contributed by atoms with Crippen molar-refractivity contribution in [2.45, 2.75) is 33.5 Å². The Morgan fingerprint density at radius 3 is 1.00 bits per heavy atom. The molecule has 0 nitrogen and oxygen atoms in total. The highest BCUT2D eigenvalue weighted by molar-refractivity contribution is 14.2. The maximum Gasteiger partial charge on any atom is 0.0606 e. The van der Waals surface area contributed by atoms with E-state index in [1.807, 2.05) is 4.93 Å². The van der Waals surface area contributed by atoms with Crippen LogP contribution in [0, 0.1) is 0 Å². The Morgan fingerprint density at radius 1 is 0.909 bits per heavy atom. The standard InChI is InChI=1S/C4H10.CH3B.CH2I2.CH3I/c1-3-4-2;1-2;2-1-3;1-2/h3-4H2,1-2H3;1H3;1H2;1H3. The minimum atomic E-state index is 1.19. The van der Waals surface area contributed by atoms with Crippen LogP contribution < -0.4 is 0 Å². The molecule has 0 rings (SSSR count). The van der Waals surface area contributed by atoms with Crippen molar-refractivity contribution < 1.29 is 0 Å². The Hall–Kier alpha value is 2.25. The summed E-state index contributed by atoms with van der Waals surface area (Å²) in [5, 5.41) is 0. The lowest BCUT2D eigenvalue weighted by molar-refractivity contribution is 0.886. The van der Waals surface area contributed by atoms with E-state index < -0.39 is 0 Å². The molecule has 0 aliphatic rings. The van der Waals surface area contributed by atoms with Gasteiger partial charge in [0.2, 0.25) is 0 Å². The third-order valence-electron chi connectivity index (χ3n) is 0.500. The lowest BCUT2D eigenvalue weighted by atomic mass is 10.2. The predicted molar refractivity (Wildman–Crippen MR) is 85.1 cm³/mol. The van der Waals surface area contributed by atoms with Crippen LogP contribution in [0.4, 0.5) is 0 Å². The molecule has 0 saturated carbocycles. The highest BCUT2D eigenvalue weighted by atomic mass is 127. The Morgan fingerprint density at radius 2 is 1.00 bits per heavy atom. The topological polar surface area (TPSA) is 0 Å². The molecule has 0 atom stereocenters. The molecule has 0 unspecified atom stereocenters. The second-order valence-corrected chi connectivity index (χ2v) is 5.55. The van der Waals surface area contributed by atoms with Gasteiger partial charge in [-0.05, 0) is 4.93 Å². The molecule has 0 spiro atoms. The zero-order valence-corrected chi connectivity index (χ0v) is 14.3. The first-order chi connectivity index (χ1) is 5.33. The molecule has 70 valence electrons. The fourth-order valence-electron chi connectivity index (χ4n) is 0. The van der Waals surface area contributed by atoms with E-state index in [0.717, 1.165) is 0 Å². The average Bonchev–Trinajstić information content (AvgIpc) is 2.12. The van der Waals surface area contributed by atoms with Gasteiger partial charge >= 0.3 is 0 Å². The zero-order chi connectivity index (χ0) is 10.1. The molecule has 0 saturated heterocycles. The molecule has 4 heteroatoms. The van der Waals surface area contributed by atoms with E-state index in [1.54, 1.807) is 0 Å². The SMILES string of the molecule is CCCC.CI.ICI.[B]C. The third kappa shape index (κ3) is 122. The summed E-state index contributed by atoms with van der Waals surface area (Å²) in [4.78, 5) is 1.97. The van der Waals surface area contributed by atoms with E-state index in [0.29, 0.717) is 0 Å². The largest absolute Gasteiger partial charge is 0.0999 e. The zero-order valence-electron chi connectivity index (χ0n) is 7.83. The highest BCUT2D eigenvalue weighted by Gasteiger charge is 1.56. The summed E-state index contributed by atoms with van der Waals surface area (Å²) in [7, 11) is 4.50. The van der Waals surface area contributed by atoms with Crippen LogP contribution in [0.2, 0.25) is 6.82 Å². The Kier molecular flexibility index (Phi) is 119. The van der Waals surface area contributed by atoms with Crippen LogP contribution in [0.15, 0.2) is 0 Å². The van der Waals surface area contributed by atoms with Crippen molar-refractivity contribution in [2.75, 3.05) is 7.36 Å². The fraction of sp³-hybridized carbons (Fsp3) is 1.00. The molecule has 0 bridgehead atoms. The van der Waals surface area contributed by atoms with Crippen molar-refractivity contribution in [3.05, 3.63) is 0 Å². The Bertz CT molecular complexity index is 21.2. The van der Waals surface area contributed by atoms with Gasteiger partial charge in [0.15, 0.2) is 0 Å². The average molecular weight is 494 g/mol. The fourth-order valence-corrected chi connectivity index (χ4v) is 0. The molecule has 0 aromatic carbocycles. The molecule has 0 aliphatic heterocycles. The van der Waals surface area contributed by atoms with Gasteiger partial charge in [0.25, 0.3) is 0 Å². The van der Waals surface area contributed by atoms with Crippen molar-refractivity contribution in [3.8, 4) is 0 Å². The molecule has 0 fully saturated rings. The van der Waals surface area contributed by atoms with Gasteiger partial charge < -0.3 is 0 Å². The van der Waals surface area contributed by atoms with Crippen LogP contribution >= 0.6 is 67.8 Å². The number of unbranched alkanes of at least 4 members (excludes halogenated alkanes) is 1. The summed E-state index contributed by atoms with van der Waals surface area (Å²) >= 11 is 6.70. The van der Waals surface area contributed by atoms with E-state index in [-0.39, 0.29) is 0 Å². The van der Waals surface area contributed by atoms with E-state index in [9.17, 15) is 0 Å². The lowest BCUT2D eigenvalue weighted by Gasteiger charge is -1.68. The van der Waals surface area contributed by atoms with Crippen LogP contribution in [0.1, 0.15) is 26.7 Å². The molecule has 0 aliphatic carbocycles. The van der Waals surface area contributed by atoms with Crippen molar-refractivity contribution in [2.24, 2.45) is 0 Å². The first-order valence-electron chi connectivity index (χ1n) is 3.40. The Labute approximate surface area is 115 Å². The molecule has 0 aromatic heterocycles. The highest BCUT2D eigenvalue weighted by Crippen LogP contribution is 1.86.